The zero-order chi connectivity index (χ0) is 28.7. The van der Waals surface area contributed by atoms with E-state index in [9.17, 15) is 19.8 Å². The van der Waals surface area contributed by atoms with Crippen molar-refractivity contribution >= 4 is 11.9 Å². The average molecular weight is 546 g/mol. The van der Waals surface area contributed by atoms with Gasteiger partial charge in [0.15, 0.2) is 0 Å². The molecule has 9 heteroatoms. The maximum absolute atomic E-state index is 11.9. The topological polar surface area (TPSA) is 115 Å². The fraction of sp³-hybridized carbons (Fsp3) is 0.533. The molecule has 0 spiro atoms. The van der Waals surface area contributed by atoms with Gasteiger partial charge in [-0.15, -0.1) is 0 Å². The van der Waals surface area contributed by atoms with Gasteiger partial charge in [0.1, 0.15) is 37.9 Å². The molecule has 9 nitrogen and oxygen atoms in total. The van der Waals surface area contributed by atoms with Crippen LogP contribution in [0.3, 0.4) is 0 Å². The molecule has 216 valence electrons. The molecular formula is C30H43NO8. The lowest BCUT2D eigenvalue weighted by molar-refractivity contribution is -0.145. The van der Waals surface area contributed by atoms with Crippen LogP contribution in [-0.4, -0.2) is 86.3 Å². The molecule has 0 amide bonds. The molecule has 0 aliphatic carbocycles. The zero-order valence-corrected chi connectivity index (χ0v) is 23.6. The maximum atomic E-state index is 11.9. The first kappa shape index (κ1) is 32.1. The summed E-state index contributed by atoms with van der Waals surface area (Å²) in [5.41, 5.74) is 1.99. The van der Waals surface area contributed by atoms with Gasteiger partial charge in [0.25, 0.3) is 0 Å². The molecule has 0 aromatic heterocycles. The Morgan fingerprint density at radius 3 is 1.62 bits per heavy atom. The number of hydrogen-bond donors (Lipinski definition) is 2. The quantitative estimate of drug-likeness (QED) is 0.215. The second-order valence-electron chi connectivity index (χ2n) is 9.81. The van der Waals surface area contributed by atoms with Crippen LogP contribution in [0.2, 0.25) is 0 Å². The molecule has 0 saturated carbocycles. The van der Waals surface area contributed by atoms with Crippen LogP contribution in [0.15, 0.2) is 48.5 Å². The van der Waals surface area contributed by atoms with Crippen molar-refractivity contribution in [2.75, 3.05) is 53.2 Å². The Hall–Kier alpha value is -3.14. The Balaban J connectivity index is 1.76. The zero-order valence-electron chi connectivity index (χ0n) is 23.6. The van der Waals surface area contributed by atoms with E-state index in [0.29, 0.717) is 25.3 Å². The second-order valence-corrected chi connectivity index (χ2v) is 9.81. The van der Waals surface area contributed by atoms with Crippen molar-refractivity contribution in [1.29, 1.82) is 0 Å². The predicted octanol–water partition coefficient (Wildman–Crippen LogP) is 3.33. The molecule has 2 N–H and O–H groups in total. The van der Waals surface area contributed by atoms with Gasteiger partial charge >= 0.3 is 11.9 Å². The number of rotatable bonds is 18. The molecule has 0 aliphatic rings. The minimum atomic E-state index is -0.387. The van der Waals surface area contributed by atoms with Crippen LogP contribution in [0.25, 0.3) is 0 Å². The SMILES string of the molecule is CCCC(=O)OCCOc1ccc(C(C)(C)c2ccc(OCCOC(=O)CCN(C)C(CO)CO)cc2)cc1. The number of carbonyl (C=O) groups is 2. The van der Waals surface area contributed by atoms with E-state index < -0.39 is 0 Å². The highest BCUT2D eigenvalue weighted by molar-refractivity contribution is 5.69. The van der Waals surface area contributed by atoms with Crippen LogP contribution in [0.1, 0.15) is 51.2 Å². The van der Waals surface area contributed by atoms with Crippen LogP contribution in [0, 0.1) is 0 Å². The Morgan fingerprint density at radius 2 is 1.21 bits per heavy atom. The van der Waals surface area contributed by atoms with E-state index in [1.54, 1.807) is 11.9 Å². The van der Waals surface area contributed by atoms with E-state index in [2.05, 4.69) is 13.8 Å². The Bertz CT molecular complexity index is 987. The van der Waals surface area contributed by atoms with Crippen LogP contribution >= 0.6 is 0 Å². The summed E-state index contributed by atoms with van der Waals surface area (Å²) >= 11 is 0. The fourth-order valence-corrected chi connectivity index (χ4v) is 3.87. The van der Waals surface area contributed by atoms with Gasteiger partial charge in [-0.3, -0.25) is 14.5 Å². The molecule has 0 bridgehead atoms. The number of carbonyl (C=O) groups excluding carboxylic acids is 2. The Labute approximate surface area is 231 Å². The second kappa shape index (κ2) is 16.7. The molecule has 0 atom stereocenters. The van der Waals surface area contributed by atoms with E-state index in [4.69, 9.17) is 18.9 Å². The number of aliphatic hydroxyl groups excluding tert-OH is 2. The van der Waals surface area contributed by atoms with Crippen molar-refractivity contribution in [2.45, 2.75) is 51.5 Å². The van der Waals surface area contributed by atoms with E-state index in [1.807, 2.05) is 55.5 Å². The summed E-state index contributed by atoms with van der Waals surface area (Å²) in [5, 5.41) is 18.4. The van der Waals surface area contributed by atoms with Crippen LogP contribution in [-0.2, 0) is 24.5 Å². The minimum Gasteiger partial charge on any atom is -0.490 e. The molecule has 0 saturated heterocycles. The summed E-state index contributed by atoms with van der Waals surface area (Å²) in [6, 6.07) is 15.3. The van der Waals surface area contributed by atoms with Crippen LogP contribution < -0.4 is 9.47 Å². The fourth-order valence-electron chi connectivity index (χ4n) is 3.87. The van der Waals surface area contributed by atoms with Gasteiger partial charge in [-0.1, -0.05) is 45.0 Å². The number of benzene rings is 2. The average Bonchev–Trinajstić information content (AvgIpc) is 2.93. The summed E-state index contributed by atoms with van der Waals surface area (Å²) in [5.74, 6) is 0.842. The highest BCUT2D eigenvalue weighted by atomic mass is 16.6. The maximum Gasteiger partial charge on any atom is 0.307 e. The van der Waals surface area contributed by atoms with Crippen molar-refractivity contribution in [1.82, 2.24) is 4.90 Å². The van der Waals surface area contributed by atoms with E-state index >= 15 is 0 Å². The molecule has 39 heavy (non-hydrogen) atoms. The summed E-state index contributed by atoms with van der Waals surface area (Å²) < 4.78 is 21.7. The number of ether oxygens (including phenoxy) is 4. The number of esters is 2. The molecular weight excluding hydrogens is 502 g/mol. The molecule has 2 aromatic carbocycles. The lowest BCUT2D eigenvalue weighted by Crippen LogP contribution is -2.39. The monoisotopic (exact) mass is 545 g/mol. The summed E-state index contributed by atoms with van der Waals surface area (Å²) in [6.07, 6.45) is 1.35. The van der Waals surface area contributed by atoms with Gasteiger partial charge in [-0.05, 0) is 48.9 Å². The van der Waals surface area contributed by atoms with E-state index in [-0.39, 0.29) is 62.9 Å². The van der Waals surface area contributed by atoms with Crippen molar-refractivity contribution in [2.24, 2.45) is 0 Å². The van der Waals surface area contributed by atoms with Gasteiger partial charge in [0.2, 0.25) is 0 Å². The van der Waals surface area contributed by atoms with Crippen LogP contribution in [0.4, 0.5) is 0 Å². The van der Waals surface area contributed by atoms with Gasteiger partial charge in [0.05, 0.1) is 25.7 Å². The van der Waals surface area contributed by atoms with Crippen LogP contribution in [0.5, 0.6) is 11.5 Å². The van der Waals surface area contributed by atoms with Gasteiger partial charge in [-0.25, -0.2) is 0 Å². The number of likely N-dealkylation sites (N-methyl/N-ethyl adjacent to an activating group) is 1. The van der Waals surface area contributed by atoms with Gasteiger partial charge in [-0.2, -0.15) is 0 Å². The van der Waals surface area contributed by atoms with E-state index in [1.165, 1.54) is 0 Å². The smallest absolute Gasteiger partial charge is 0.307 e. The normalized spacial score (nSPS) is 11.5. The Kier molecular flexibility index (Phi) is 13.8. The van der Waals surface area contributed by atoms with Crippen molar-refractivity contribution in [3.8, 4) is 11.5 Å². The lowest BCUT2D eigenvalue weighted by atomic mass is 9.78. The first-order chi connectivity index (χ1) is 18.7. The third kappa shape index (κ3) is 10.9. The number of aliphatic hydroxyl groups is 2. The lowest BCUT2D eigenvalue weighted by Gasteiger charge is -2.26. The Morgan fingerprint density at radius 1 is 0.769 bits per heavy atom. The number of hydrogen-bond acceptors (Lipinski definition) is 9. The van der Waals surface area contributed by atoms with Gasteiger partial charge < -0.3 is 29.2 Å². The highest BCUT2D eigenvalue weighted by Gasteiger charge is 2.23. The van der Waals surface area contributed by atoms with Crippen molar-refractivity contribution in [3.05, 3.63) is 59.7 Å². The third-order valence-electron chi connectivity index (χ3n) is 6.55. The molecule has 0 fully saturated rings. The predicted molar refractivity (Wildman–Crippen MR) is 148 cm³/mol. The molecule has 0 aliphatic heterocycles. The first-order valence-electron chi connectivity index (χ1n) is 13.4. The standard InChI is InChI=1S/C30H43NO8/c1-5-6-28(34)38-19-17-36-26-11-7-23(8-12-26)30(2,3)24-9-13-27(14-10-24)37-18-20-39-29(35)15-16-31(4)25(21-32)22-33/h7-14,25,32-33H,5-6,15-22H2,1-4H3. The molecule has 0 radical (unpaired) electrons. The molecule has 0 heterocycles. The number of nitrogens with zero attached hydrogens (tertiary/aromatic N) is 1. The minimum absolute atomic E-state index is 0.134. The first-order valence-corrected chi connectivity index (χ1v) is 13.4. The van der Waals surface area contributed by atoms with Gasteiger partial charge in [0, 0.05) is 18.4 Å². The van der Waals surface area contributed by atoms with Crippen molar-refractivity contribution in [3.63, 3.8) is 0 Å². The molecule has 2 aromatic rings. The molecule has 2 rings (SSSR count). The summed E-state index contributed by atoms with van der Waals surface area (Å²) in [4.78, 5) is 25.1. The highest BCUT2D eigenvalue weighted by Crippen LogP contribution is 2.33. The largest absolute Gasteiger partial charge is 0.490 e. The molecule has 0 unspecified atom stereocenters. The van der Waals surface area contributed by atoms with Crippen molar-refractivity contribution < 1.29 is 38.7 Å². The van der Waals surface area contributed by atoms with E-state index in [0.717, 1.165) is 23.3 Å². The third-order valence-corrected chi connectivity index (χ3v) is 6.55. The summed E-state index contributed by atoms with van der Waals surface area (Å²) in [6.45, 7) is 7.18. The summed E-state index contributed by atoms with van der Waals surface area (Å²) in [7, 11) is 1.74.